The highest BCUT2D eigenvalue weighted by atomic mass is 127. The second-order valence-electron chi connectivity index (χ2n) is 6.91. The first kappa shape index (κ1) is 23.2. The molecular weight excluding hydrogens is 481 g/mol. The lowest BCUT2D eigenvalue weighted by atomic mass is 9.97. The summed E-state index contributed by atoms with van der Waals surface area (Å²) in [5.41, 5.74) is 1.24. The normalized spacial score (nSPS) is 15.0. The fraction of sp³-hybridized carbons (Fsp3) is 0.476. The van der Waals surface area contributed by atoms with Crippen molar-refractivity contribution < 1.29 is 9.53 Å². The summed E-state index contributed by atoms with van der Waals surface area (Å²) in [4.78, 5) is 23.2. The number of guanidine groups is 1. The molecule has 1 aliphatic heterocycles. The van der Waals surface area contributed by atoms with Gasteiger partial charge in [-0.2, -0.15) is 0 Å². The molecule has 29 heavy (non-hydrogen) atoms. The minimum Gasteiger partial charge on any atom is -0.469 e. The number of esters is 1. The van der Waals surface area contributed by atoms with Gasteiger partial charge in [-0.1, -0.05) is 30.3 Å². The van der Waals surface area contributed by atoms with E-state index in [-0.39, 0.29) is 35.9 Å². The number of rotatable bonds is 6. The topological polar surface area (TPSA) is 71.8 Å². The smallest absolute Gasteiger partial charge is 0.308 e. The van der Waals surface area contributed by atoms with Gasteiger partial charge in [-0.05, 0) is 25.3 Å². The van der Waals surface area contributed by atoms with Crippen molar-refractivity contribution in [1.29, 1.82) is 0 Å². The number of nitrogens with zero attached hydrogens (tertiary/aromatic N) is 4. The van der Waals surface area contributed by atoms with Gasteiger partial charge in [0.2, 0.25) is 0 Å². The van der Waals surface area contributed by atoms with Crippen molar-refractivity contribution in [3.63, 3.8) is 0 Å². The van der Waals surface area contributed by atoms with Crippen molar-refractivity contribution >= 4 is 35.9 Å². The lowest BCUT2D eigenvalue weighted by Crippen LogP contribution is -2.46. The van der Waals surface area contributed by atoms with Crippen molar-refractivity contribution in [3.8, 4) is 0 Å². The van der Waals surface area contributed by atoms with Crippen LogP contribution in [0.4, 0.5) is 0 Å². The third kappa shape index (κ3) is 6.45. The first-order chi connectivity index (χ1) is 13.7. The quantitative estimate of drug-likeness (QED) is 0.280. The molecular formula is C21H30IN5O2. The maximum absolute atomic E-state index is 11.7. The molecule has 3 rings (SSSR count). The Morgan fingerprint density at radius 2 is 2.00 bits per heavy atom. The second kappa shape index (κ2) is 11.8. The highest BCUT2D eigenvalue weighted by Gasteiger charge is 2.27. The van der Waals surface area contributed by atoms with Crippen LogP contribution in [0.15, 0.2) is 47.7 Å². The molecule has 0 atom stereocenters. The first-order valence-corrected chi connectivity index (χ1v) is 9.86. The van der Waals surface area contributed by atoms with E-state index in [1.54, 1.807) is 0 Å². The molecule has 1 aromatic carbocycles. The van der Waals surface area contributed by atoms with Crippen LogP contribution in [0, 0.1) is 5.92 Å². The third-order valence-electron chi connectivity index (χ3n) is 5.03. The largest absolute Gasteiger partial charge is 0.469 e. The Labute approximate surface area is 189 Å². The Bertz CT molecular complexity index is 785. The van der Waals surface area contributed by atoms with Gasteiger partial charge in [0.05, 0.1) is 13.0 Å². The average molecular weight is 511 g/mol. The predicted octanol–water partition coefficient (Wildman–Crippen LogP) is 2.90. The summed E-state index contributed by atoms with van der Waals surface area (Å²) in [5.74, 6) is 1.70. The number of hydrogen-bond acceptors (Lipinski definition) is 4. The van der Waals surface area contributed by atoms with Crippen LogP contribution in [0.2, 0.25) is 0 Å². The lowest BCUT2D eigenvalue weighted by molar-refractivity contribution is -0.146. The maximum atomic E-state index is 11.7. The first-order valence-electron chi connectivity index (χ1n) is 9.86. The zero-order valence-corrected chi connectivity index (χ0v) is 19.4. The zero-order chi connectivity index (χ0) is 19.8. The molecule has 1 aliphatic rings. The molecule has 0 bridgehead atoms. The Morgan fingerprint density at radius 3 is 2.66 bits per heavy atom. The van der Waals surface area contributed by atoms with E-state index in [2.05, 4.69) is 38.8 Å². The minimum atomic E-state index is -0.107. The molecule has 2 heterocycles. The van der Waals surface area contributed by atoms with Crippen LogP contribution in [0.1, 0.15) is 31.2 Å². The molecule has 2 aromatic rings. The van der Waals surface area contributed by atoms with Crippen molar-refractivity contribution in [1.82, 2.24) is 19.8 Å². The Kier molecular flexibility index (Phi) is 9.43. The number of nitrogens with one attached hydrogen (secondary N) is 1. The number of hydrogen-bond donors (Lipinski definition) is 1. The number of benzene rings is 1. The van der Waals surface area contributed by atoms with E-state index in [0.717, 1.165) is 50.8 Å². The summed E-state index contributed by atoms with van der Waals surface area (Å²) < 4.78 is 7.01. The van der Waals surface area contributed by atoms with Crippen molar-refractivity contribution in [2.45, 2.75) is 32.9 Å². The summed E-state index contributed by atoms with van der Waals surface area (Å²) in [6.07, 6.45) is 5.40. The Balaban J connectivity index is 0.00000300. The van der Waals surface area contributed by atoms with Gasteiger partial charge in [0.25, 0.3) is 0 Å². The summed E-state index contributed by atoms with van der Waals surface area (Å²) >= 11 is 0. The number of carbonyl (C=O) groups is 1. The SMILES string of the molecule is CCNC(=NCc1nccn1Cc1ccccc1)N1CCC(C(=O)OC)CC1.I. The van der Waals surface area contributed by atoms with Crippen LogP contribution < -0.4 is 5.32 Å². The molecule has 1 saturated heterocycles. The van der Waals surface area contributed by atoms with Gasteiger partial charge >= 0.3 is 5.97 Å². The fourth-order valence-corrected chi connectivity index (χ4v) is 3.48. The van der Waals surface area contributed by atoms with E-state index in [4.69, 9.17) is 9.73 Å². The molecule has 0 amide bonds. The van der Waals surface area contributed by atoms with Gasteiger partial charge in [-0.3, -0.25) is 4.79 Å². The lowest BCUT2D eigenvalue weighted by Gasteiger charge is -2.33. The molecule has 1 aromatic heterocycles. The van der Waals surface area contributed by atoms with Crippen LogP contribution in [-0.4, -0.2) is 53.1 Å². The van der Waals surface area contributed by atoms with Gasteiger partial charge < -0.3 is 19.5 Å². The van der Waals surface area contributed by atoms with Crippen LogP contribution in [0.25, 0.3) is 0 Å². The number of imidazole rings is 1. The molecule has 0 unspecified atom stereocenters. The number of likely N-dealkylation sites (tertiary alicyclic amines) is 1. The van der Waals surface area contributed by atoms with Crippen molar-refractivity contribution in [3.05, 3.63) is 54.1 Å². The summed E-state index contributed by atoms with van der Waals surface area (Å²) in [6.45, 7) is 5.75. The number of carbonyl (C=O) groups excluding carboxylic acids is 1. The van der Waals surface area contributed by atoms with E-state index in [0.29, 0.717) is 6.54 Å². The Morgan fingerprint density at radius 1 is 1.28 bits per heavy atom. The average Bonchev–Trinajstić information content (AvgIpc) is 3.18. The van der Waals surface area contributed by atoms with Gasteiger partial charge in [-0.25, -0.2) is 9.98 Å². The Hall–Kier alpha value is -2.10. The van der Waals surface area contributed by atoms with Crippen LogP contribution in [0.3, 0.4) is 0 Å². The predicted molar refractivity (Wildman–Crippen MR) is 124 cm³/mol. The third-order valence-corrected chi connectivity index (χ3v) is 5.03. The van der Waals surface area contributed by atoms with Gasteiger partial charge in [0, 0.05) is 38.6 Å². The monoisotopic (exact) mass is 511 g/mol. The molecule has 0 saturated carbocycles. The van der Waals surface area contributed by atoms with E-state index in [1.807, 2.05) is 30.6 Å². The van der Waals surface area contributed by atoms with E-state index in [9.17, 15) is 4.79 Å². The maximum Gasteiger partial charge on any atom is 0.308 e. The van der Waals surface area contributed by atoms with Crippen molar-refractivity contribution in [2.24, 2.45) is 10.9 Å². The number of methoxy groups -OCH3 is 1. The van der Waals surface area contributed by atoms with Crippen LogP contribution in [0.5, 0.6) is 0 Å². The van der Waals surface area contributed by atoms with Gasteiger partial charge in [0.15, 0.2) is 5.96 Å². The molecule has 1 N–H and O–H groups in total. The highest BCUT2D eigenvalue weighted by Crippen LogP contribution is 2.18. The summed E-state index contributed by atoms with van der Waals surface area (Å²) in [6, 6.07) is 10.3. The minimum absolute atomic E-state index is 0. The molecule has 0 radical (unpaired) electrons. The fourth-order valence-electron chi connectivity index (χ4n) is 3.48. The van der Waals surface area contributed by atoms with Gasteiger partial charge in [-0.15, -0.1) is 24.0 Å². The molecule has 1 fully saturated rings. The van der Waals surface area contributed by atoms with E-state index in [1.165, 1.54) is 12.7 Å². The van der Waals surface area contributed by atoms with Crippen LogP contribution in [-0.2, 0) is 22.6 Å². The van der Waals surface area contributed by atoms with Crippen LogP contribution >= 0.6 is 24.0 Å². The van der Waals surface area contributed by atoms with Gasteiger partial charge in [0.1, 0.15) is 12.4 Å². The summed E-state index contributed by atoms with van der Waals surface area (Å²) in [7, 11) is 1.46. The number of aliphatic imine (C=N–C) groups is 1. The summed E-state index contributed by atoms with van der Waals surface area (Å²) in [5, 5.41) is 3.36. The number of halogens is 1. The molecule has 8 heteroatoms. The number of piperidine rings is 1. The standard InChI is InChI=1S/C21H29N5O2.HI/c1-3-22-21(25-12-9-18(10-13-25)20(27)28-2)24-15-19-23-11-14-26(19)16-17-7-5-4-6-8-17;/h4-8,11,14,18H,3,9-10,12-13,15-16H2,1-2H3,(H,22,24);1H. The number of aromatic nitrogens is 2. The van der Waals surface area contributed by atoms with E-state index >= 15 is 0 Å². The molecule has 7 nitrogen and oxygen atoms in total. The molecule has 158 valence electrons. The second-order valence-corrected chi connectivity index (χ2v) is 6.91. The highest BCUT2D eigenvalue weighted by molar-refractivity contribution is 14.0. The molecule has 0 spiro atoms. The number of ether oxygens (including phenoxy) is 1. The molecule has 0 aliphatic carbocycles. The van der Waals surface area contributed by atoms with E-state index < -0.39 is 0 Å². The zero-order valence-electron chi connectivity index (χ0n) is 17.1. The van der Waals surface area contributed by atoms with Crippen molar-refractivity contribution in [2.75, 3.05) is 26.7 Å².